The van der Waals surface area contributed by atoms with Crippen LogP contribution in [0.5, 0.6) is 0 Å². The van der Waals surface area contributed by atoms with Crippen LogP contribution in [-0.4, -0.2) is 42.6 Å². The second-order valence-corrected chi connectivity index (χ2v) is 5.59. The third-order valence-electron chi connectivity index (χ3n) is 3.58. The highest BCUT2D eigenvalue weighted by Gasteiger charge is 2.30. The summed E-state index contributed by atoms with van der Waals surface area (Å²) in [6, 6.07) is -0.493. The summed E-state index contributed by atoms with van der Waals surface area (Å²) in [5.41, 5.74) is 0. The second-order valence-electron chi connectivity index (χ2n) is 5.59. The van der Waals surface area contributed by atoms with Crippen LogP contribution in [0.25, 0.3) is 0 Å². The van der Waals surface area contributed by atoms with Crippen molar-refractivity contribution in [1.29, 1.82) is 0 Å². The second kappa shape index (κ2) is 7.36. The van der Waals surface area contributed by atoms with Crippen LogP contribution >= 0.6 is 0 Å². The van der Waals surface area contributed by atoms with Gasteiger partial charge in [0.25, 0.3) is 0 Å². The van der Waals surface area contributed by atoms with Crippen LogP contribution in [0.3, 0.4) is 0 Å². The van der Waals surface area contributed by atoms with Crippen molar-refractivity contribution in [2.24, 2.45) is 11.8 Å². The van der Waals surface area contributed by atoms with Gasteiger partial charge in [-0.3, -0.25) is 4.79 Å². The molecule has 5 nitrogen and oxygen atoms in total. The summed E-state index contributed by atoms with van der Waals surface area (Å²) in [5, 5.41) is 2.67. The number of likely N-dealkylation sites (tertiary alicyclic amines) is 1. The van der Waals surface area contributed by atoms with E-state index in [9.17, 15) is 9.59 Å². The van der Waals surface area contributed by atoms with Crippen LogP contribution in [0.4, 0.5) is 4.79 Å². The Balaban J connectivity index is 2.60. The van der Waals surface area contributed by atoms with Crippen molar-refractivity contribution in [3.05, 3.63) is 0 Å². The van der Waals surface area contributed by atoms with Crippen molar-refractivity contribution < 1.29 is 14.3 Å². The maximum atomic E-state index is 12.4. The van der Waals surface area contributed by atoms with Gasteiger partial charge in [-0.1, -0.05) is 20.8 Å². The molecule has 1 atom stereocenters. The summed E-state index contributed by atoms with van der Waals surface area (Å²) in [7, 11) is 0. The summed E-state index contributed by atoms with van der Waals surface area (Å²) >= 11 is 0. The number of rotatable bonds is 4. The van der Waals surface area contributed by atoms with E-state index in [1.807, 2.05) is 18.7 Å². The van der Waals surface area contributed by atoms with Gasteiger partial charge < -0.3 is 15.0 Å². The van der Waals surface area contributed by atoms with E-state index in [0.29, 0.717) is 12.5 Å². The molecule has 2 amide bonds. The zero-order chi connectivity index (χ0) is 14.4. The molecule has 0 aromatic carbocycles. The van der Waals surface area contributed by atoms with E-state index in [2.05, 4.69) is 12.2 Å². The first-order valence-electron chi connectivity index (χ1n) is 7.17. The zero-order valence-electron chi connectivity index (χ0n) is 12.4. The molecule has 0 aliphatic carbocycles. The van der Waals surface area contributed by atoms with Gasteiger partial charge >= 0.3 is 6.09 Å². The molecule has 1 N–H and O–H groups in total. The summed E-state index contributed by atoms with van der Waals surface area (Å²) in [6.45, 7) is 9.70. The van der Waals surface area contributed by atoms with E-state index in [0.717, 1.165) is 25.9 Å². The van der Waals surface area contributed by atoms with E-state index < -0.39 is 12.1 Å². The molecule has 1 heterocycles. The number of ether oxygens (including phenoxy) is 1. The normalized spacial score (nSPS) is 18.3. The standard InChI is InChI=1S/C14H26N2O3/c1-5-19-14(18)15-12(10(2)3)13(17)16-8-6-11(4)7-9-16/h10-12H,5-9H2,1-4H3,(H,15,18)/t12-/m1/s1. The minimum absolute atomic E-state index is 0.00922. The van der Waals surface area contributed by atoms with Gasteiger partial charge in [0.15, 0.2) is 0 Å². The quantitative estimate of drug-likeness (QED) is 0.850. The Hall–Kier alpha value is -1.26. The lowest BCUT2D eigenvalue weighted by atomic mass is 9.97. The number of carbonyl (C=O) groups excluding carboxylic acids is 2. The van der Waals surface area contributed by atoms with Gasteiger partial charge in [0.05, 0.1) is 6.61 Å². The number of amides is 2. The monoisotopic (exact) mass is 270 g/mol. The largest absolute Gasteiger partial charge is 0.450 e. The van der Waals surface area contributed by atoms with Crippen molar-refractivity contribution in [2.75, 3.05) is 19.7 Å². The molecular formula is C14H26N2O3. The molecule has 1 aliphatic heterocycles. The Labute approximate surface area is 115 Å². The first-order chi connectivity index (χ1) is 8.95. The summed E-state index contributed by atoms with van der Waals surface area (Å²) < 4.78 is 4.86. The van der Waals surface area contributed by atoms with Gasteiger partial charge in [0.2, 0.25) is 5.91 Å². The first-order valence-corrected chi connectivity index (χ1v) is 7.17. The third-order valence-corrected chi connectivity index (χ3v) is 3.58. The maximum Gasteiger partial charge on any atom is 0.407 e. The van der Waals surface area contributed by atoms with Crippen LogP contribution in [0.1, 0.15) is 40.5 Å². The zero-order valence-corrected chi connectivity index (χ0v) is 12.4. The highest BCUT2D eigenvalue weighted by molar-refractivity contribution is 5.86. The Morgan fingerprint density at radius 1 is 1.32 bits per heavy atom. The van der Waals surface area contributed by atoms with Crippen molar-refractivity contribution in [2.45, 2.75) is 46.6 Å². The Kier molecular flexibility index (Phi) is 6.12. The van der Waals surface area contributed by atoms with Crippen LogP contribution in [-0.2, 0) is 9.53 Å². The van der Waals surface area contributed by atoms with E-state index in [-0.39, 0.29) is 11.8 Å². The molecule has 1 rings (SSSR count). The minimum Gasteiger partial charge on any atom is -0.450 e. The molecule has 0 unspecified atom stereocenters. The van der Waals surface area contributed by atoms with Crippen molar-refractivity contribution in [1.82, 2.24) is 10.2 Å². The minimum atomic E-state index is -0.514. The van der Waals surface area contributed by atoms with Crippen molar-refractivity contribution >= 4 is 12.0 Å². The molecule has 0 saturated carbocycles. The smallest absolute Gasteiger partial charge is 0.407 e. The average Bonchev–Trinajstić information content (AvgIpc) is 2.36. The molecule has 19 heavy (non-hydrogen) atoms. The van der Waals surface area contributed by atoms with Gasteiger partial charge in [0, 0.05) is 13.1 Å². The number of nitrogens with one attached hydrogen (secondary N) is 1. The molecule has 1 saturated heterocycles. The molecule has 110 valence electrons. The van der Waals surface area contributed by atoms with E-state index in [1.54, 1.807) is 6.92 Å². The molecule has 0 bridgehead atoms. The number of piperidine rings is 1. The third kappa shape index (κ3) is 4.73. The Bertz CT molecular complexity index is 310. The van der Waals surface area contributed by atoms with Gasteiger partial charge in [-0.25, -0.2) is 4.79 Å². The van der Waals surface area contributed by atoms with E-state index >= 15 is 0 Å². The summed E-state index contributed by atoms with van der Waals surface area (Å²) in [5.74, 6) is 0.741. The number of hydrogen-bond donors (Lipinski definition) is 1. The fourth-order valence-electron chi connectivity index (χ4n) is 2.24. The van der Waals surface area contributed by atoms with E-state index in [4.69, 9.17) is 4.74 Å². The molecule has 1 aliphatic rings. The number of nitrogens with zero attached hydrogens (tertiary/aromatic N) is 1. The molecular weight excluding hydrogens is 244 g/mol. The van der Waals surface area contributed by atoms with Gasteiger partial charge in [0.1, 0.15) is 6.04 Å². The van der Waals surface area contributed by atoms with Gasteiger partial charge in [-0.2, -0.15) is 0 Å². The van der Waals surface area contributed by atoms with Crippen LogP contribution in [0.2, 0.25) is 0 Å². The Morgan fingerprint density at radius 2 is 1.89 bits per heavy atom. The van der Waals surface area contributed by atoms with Gasteiger partial charge in [-0.15, -0.1) is 0 Å². The SMILES string of the molecule is CCOC(=O)N[C@@H](C(=O)N1CCC(C)CC1)C(C)C. The van der Waals surface area contributed by atoms with Crippen molar-refractivity contribution in [3.63, 3.8) is 0 Å². The number of hydrogen-bond acceptors (Lipinski definition) is 3. The van der Waals surface area contributed by atoms with Crippen molar-refractivity contribution in [3.8, 4) is 0 Å². The number of alkyl carbamates (subject to hydrolysis) is 1. The summed E-state index contributed by atoms with van der Waals surface area (Å²) in [4.78, 5) is 25.8. The van der Waals surface area contributed by atoms with Crippen LogP contribution < -0.4 is 5.32 Å². The number of carbonyl (C=O) groups is 2. The Morgan fingerprint density at radius 3 is 2.37 bits per heavy atom. The molecule has 0 aromatic heterocycles. The maximum absolute atomic E-state index is 12.4. The molecule has 0 spiro atoms. The predicted molar refractivity (Wildman–Crippen MR) is 73.8 cm³/mol. The lowest BCUT2D eigenvalue weighted by molar-refractivity contribution is -0.135. The lowest BCUT2D eigenvalue weighted by Gasteiger charge is -2.34. The van der Waals surface area contributed by atoms with E-state index in [1.165, 1.54) is 0 Å². The molecule has 1 fully saturated rings. The van der Waals surface area contributed by atoms with Crippen LogP contribution in [0, 0.1) is 11.8 Å². The predicted octanol–water partition coefficient (Wildman–Crippen LogP) is 2.02. The molecule has 5 heteroatoms. The fraction of sp³-hybridized carbons (Fsp3) is 0.857. The van der Waals surface area contributed by atoms with Gasteiger partial charge in [-0.05, 0) is 31.6 Å². The molecule has 0 radical (unpaired) electrons. The average molecular weight is 270 g/mol. The first kappa shape index (κ1) is 15.8. The fourth-order valence-corrected chi connectivity index (χ4v) is 2.24. The topological polar surface area (TPSA) is 58.6 Å². The van der Waals surface area contributed by atoms with Crippen LogP contribution in [0.15, 0.2) is 0 Å². The lowest BCUT2D eigenvalue weighted by Crippen LogP contribution is -2.53. The highest BCUT2D eigenvalue weighted by Crippen LogP contribution is 2.18. The highest BCUT2D eigenvalue weighted by atomic mass is 16.5. The molecule has 0 aromatic rings. The summed E-state index contributed by atoms with van der Waals surface area (Å²) in [6.07, 6.45) is 1.56.